The van der Waals surface area contributed by atoms with Crippen molar-refractivity contribution in [1.29, 1.82) is 0 Å². The molecule has 0 aliphatic heterocycles. The predicted molar refractivity (Wildman–Crippen MR) is 93.7 cm³/mol. The topological polar surface area (TPSA) is 62.2 Å². The maximum Gasteiger partial charge on any atom is 0.315 e. The smallest absolute Gasteiger partial charge is 0.315 e. The van der Waals surface area contributed by atoms with Gasteiger partial charge in [0.2, 0.25) is 0 Å². The lowest BCUT2D eigenvalue weighted by atomic mass is 10.1. The van der Waals surface area contributed by atoms with Crippen molar-refractivity contribution in [3.63, 3.8) is 0 Å². The Balaban J connectivity index is 1.50. The van der Waals surface area contributed by atoms with Gasteiger partial charge in [0.15, 0.2) is 0 Å². The number of likely N-dealkylation sites (N-methyl/N-ethyl adjacent to an activating group) is 1. The number of rotatable bonds is 6. The molecule has 0 spiro atoms. The second kappa shape index (κ2) is 7.23. The van der Waals surface area contributed by atoms with E-state index in [2.05, 4.69) is 15.7 Å². The summed E-state index contributed by atoms with van der Waals surface area (Å²) in [5.41, 5.74) is 1.99. The van der Waals surface area contributed by atoms with Crippen LogP contribution in [0, 0.1) is 5.82 Å². The van der Waals surface area contributed by atoms with Crippen LogP contribution in [0.15, 0.2) is 36.7 Å². The lowest BCUT2D eigenvalue weighted by Gasteiger charge is -2.23. The van der Waals surface area contributed by atoms with Crippen LogP contribution in [0.1, 0.15) is 29.5 Å². The summed E-state index contributed by atoms with van der Waals surface area (Å²) in [6.45, 7) is 0.488. The van der Waals surface area contributed by atoms with Crippen molar-refractivity contribution in [2.75, 3.05) is 20.6 Å². The number of nitrogens with one attached hydrogen (secondary N) is 2. The zero-order valence-electron chi connectivity index (χ0n) is 14.7. The van der Waals surface area contributed by atoms with Crippen molar-refractivity contribution >= 4 is 6.03 Å². The average molecular weight is 345 g/mol. The van der Waals surface area contributed by atoms with Crippen molar-refractivity contribution in [3.05, 3.63) is 53.6 Å². The van der Waals surface area contributed by atoms with Gasteiger partial charge in [-0.05, 0) is 38.2 Å². The van der Waals surface area contributed by atoms with Crippen LogP contribution in [-0.2, 0) is 7.05 Å². The summed E-state index contributed by atoms with van der Waals surface area (Å²) in [6, 6.07) is 6.50. The Kier molecular flexibility index (Phi) is 5.03. The van der Waals surface area contributed by atoms with Crippen LogP contribution in [0.25, 0.3) is 0 Å². The molecule has 134 valence electrons. The fraction of sp³-hybridized carbons (Fsp3) is 0.444. The Hall–Kier alpha value is -2.41. The molecule has 1 saturated carbocycles. The fourth-order valence-electron chi connectivity index (χ4n) is 3.08. The van der Waals surface area contributed by atoms with Crippen LogP contribution in [-0.4, -0.2) is 47.4 Å². The van der Waals surface area contributed by atoms with Gasteiger partial charge in [0.05, 0.1) is 12.2 Å². The first-order chi connectivity index (χ1) is 11.9. The minimum Gasteiger partial charge on any atom is -0.336 e. The minimum atomic E-state index is -0.238. The number of aryl methyl sites for hydroxylation is 1. The third-order valence-electron chi connectivity index (χ3n) is 4.57. The van der Waals surface area contributed by atoms with Gasteiger partial charge < -0.3 is 15.5 Å². The summed E-state index contributed by atoms with van der Waals surface area (Å²) >= 11 is 0. The summed E-state index contributed by atoms with van der Waals surface area (Å²) in [6.07, 6.45) is 4.60. The number of hydrogen-bond acceptors (Lipinski definition) is 3. The number of aromatic nitrogens is 2. The molecule has 1 fully saturated rings. The van der Waals surface area contributed by atoms with Gasteiger partial charge in [0, 0.05) is 37.3 Å². The Morgan fingerprint density at radius 3 is 2.92 bits per heavy atom. The van der Waals surface area contributed by atoms with Gasteiger partial charge in [0.1, 0.15) is 5.82 Å². The van der Waals surface area contributed by atoms with Gasteiger partial charge in [-0.2, -0.15) is 5.10 Å². The number of benzene rings is 1. The molecule has 3 atom stereocenters. The van der Waals surface area contributed by atoms with Crippen molar-refractivity contribution in [3.8, 4) is 0 Å². The summed E-state index contributed by atoms with van der Waals surface area (Å²) in [5, 5.41) is 10.1. The highest BCUT2D eigenvalue weighted by Gasteiger charge is 2.39. The number of nitrogens with zero attached hydrogens (tertiary/aromatic N) is 3. The second-order valence-corrected chi connectivity index (χ2v) is 6.78. The molecule has 7 heteroatoms. The minimum absolute atomic E-state index is 0.0534. The van der Waals surface area contributed by atoms with Crippen molar-refractivity contribution in [2.45, 2.75) is 24.4 Å². The molecular weight excluding hydrogens is 321 g/mol. The molecule has 1 aromatic carbocycles. The van der Waals surface area contributed by atoms with Gasteiger partial charge in [-0.1, -0.05) is 12.1 Å². The van der Waals surface area contributed by atoms with E-state index in [1.54, 1.807) is 10.7 Å². The van der Waals surface area contributed by atoms with Crippen LogP contribution in [0.2, 0.25) is 0 Å². The number of amides is 2. The zero-order valence-corrected chi connectivity index (χ0v) is 14.7. The molecule has 3 rings (SSSR count). The number of carbonyl (C=O) groups excluding carboxylic acids is 1. The van der Waals surface area contributed by atoms with Crippen molar-refractivity contribution < 1.29 is 9.18 Å². The molecular formula is C18H24FN5O. The highest BCUT2D eigenvalue weighted by molar-refractivity contribution is 5.75. The molecule has 2 amide bonds. The second-order valence-electron chi connectivity index (χ2n) is 6.78. The molecule has 1 aromatic heterocycles. The van der Waals surface area contributed by atoms with Gasteiger partial charge in [-0.3, -0.25) is 4.68 Å². The van der Waals surface area contributed by atoms with Crippen molar-refractivity contribution in [1.82, 2.24) is 25.3 Å². The number of halogens is 1. The van der Waals surface area contributed by atoms with Crippen LogP contribution < -0.4 is 10.6 Å². The molecule has 2 aromatic rings. The van der Waals surface area contributed by atoms with Crippen LogP contribution >= 0.6 is 0 Å². The fourth-order valence-corrected chi connectivity index (χ4v) is 3.08. The standard InChI is InChI=1S/C18H24FN5O/c1-23(2)17(13-9-21-24(3)11-13)10-20-18(25)22-16-8-15(16)12-5-4-6-14(19)7-12/h4-7,9,11,15-17H,8,10H2,1-3H3,(H2,20,22,25)/t15-,16-,17-/m1/s1. The third kappa shape index (κ3) is 4.36. The van der Waals surface area contributed by atoms with Gasteiger partial charge in [0.25, 0.3) is 0 Å². The monoisotopic (exact) mass is 345 g/mol. The van der Waals surface area contributed by atoms with Gasteiger partial charge in [-0.15, -0.1) is 0 Å². The first-order valence-corrected chi connectivity index (χ1v) is 8.39. The van der Waals surface area contributed by atoms with E-state index in [1.807, 2.05) is 44.5 Å². The lowest BCUT2D eigenvalue weighted by molar-refractivity contribution is 0.232. The quantitative estimate of drug-likeness (QED) is 0.842. The maximum absolute atomic E-state index is 13.3. The summed E-state index contributed by atoms with van der Waals surface area (Å²) in [5.74, 6) is -0.0395. The van der Waals surface area contributed by atoms with E-state index >= 15 is 0 Å². The normalized spacial score (nSPS) is 20.4. The molecule has 1 aliphatic carbocycles. The third-order valence-corrected chi connectivity index (χ3v) is 4.57. The summed E-state index contributed by atoms with van der Waals surface area (Å²) < 4.78 is 15.0. The molecule has 0 unspecified atom stereocenters. The highest BCUT2D eigenvalue weighted by atomic mass is 19.1. The first-order valence-electron chi connectivity index (χ1n) is 8.39. The lowest BCUT2D eigenvalue weighted by Crippen LogP contribution is -2.41. The molecule has 1 heterocycles. The van der Waals surface area contributed by atoms with E-state index in [-0.39, 0.29) is 29.8 Å². The van der Waals surface area contributed by atoms with Gasteiger partial charge in [-0.25, -0.2) is 9.18 Å². The highest BCUT2D eigenvalue weighted by Crippen LogP contribution is 2.40. The van der Waals surface area contributed by atoms with E-state index in [9.17, 15) is 9.18 Å². The molecule has 2 N–H and O–H groups in total. The van der Waals surface area contributed by atoms with E-state index < -0.39 is 0 Å². The Morgan fingerprint density at radius 1 is 1.48 bits per heavy atom. The Bertz CT molecular complexity index is 745. The largest absolute Gasteiger partial charge is 0.336 e. The average Bonchev–Trinajstić information content (AvgIpc) is 3.18. The van der Waals surface area contributed by atoms with E-state index in [4.69, 9.17) is 0 Å². The number of hydrogen-bond donors (Lipinski definition) is 2. The summed E-state index contributed by atoms with van der Waals surface area (Å²) in [4.78, 5) is 14.2. The van der Waals surface area contributed by atoms with E-state index in [0.29, 0.717) is 6.54 Å². The van der Waals surface area contributed by atoms with Crippen LogP contribution in [0.4, 0.5) is 9.18 Å². The number of carbonyl (C=O) groups is 1. The molecule has 0 bridgehead atoms. The van der Waals surface area contributed by atoms with E-state index in [1.165, 1.54) is 12.1 Å². The SMILES string of the molecule is CN(C)[C@H](CNC(=O)N[C@@H]1C[C@@H]1c1cccc(F)c1)c1cnn(C)c1. The van der Waals surface area contributed by atoms with Crippen molar-refractivity contribution in [2.24, 2.45) is 7.05 Å². The maximum atomic E-state index is 13.3. The molecule has 6 nitrogen and oxygen atoms in total. The Labute approximate surface area is 147 Å². The van der Waals surface area contributed by atoms with Crippen LogP contribution in [0.3, 0.4) is 0 Å². The van der Waals surface area contributed by atoms with E-state index in [0.717, 1.165) is 17.5 Å². The molecule has 0 radical (unpaired) electrons. The molecule has 0 saturated heterocycles. The zero-order chi connectivity index (χ0) is 18.0. The van der Waals surface area contributed by atoms with Gasteiger partial charge >= 0.3 is 6.03 Å². The first kappa shape index (κ1) is 17.4. The molecule has 1 aliphatic rings. The number of urea groups is 1. The summed E-state index contributed by atoms with van der Waals surface area (Å²) in [7, 11) is 5.81. The predicted octanol–water partition coefficient (Wildman–Crippen LogP) is 2.02. The Morgan fingerprint density at radius 2 is 2.28 bits per heavy atom. The van der Waals surface area contributed by atoms with Crippen LogP contribution in [0.5, 0.6) is 0 Å². The molecule has 25 heavy (non-hydrogen) atoms.